The van der Waals surface area contributed by atoms with Crippen molar-refractivity contribution in [3.8, 4) is 5.69 Å². The maximum Gasteiger partial charge on any atom is 0.0649 e. The van der Waals surface area contributed by atoms with Crippen LogP contribution in [0.2, 0.25) is 0 Å². The second-order valence-corrected chi connectivity index (χ2v) is 5.80. The van der Waals surface area contributed by atoms with E-state index in [0.717, 1.165) is 15.7 Å². The Balaban J connectivity index is 1.99. The minimum atomic E-state index is 0.0753. The fraction of sp³-hybridized carbons (Fsp3) is 0.357. The largest absolute Gasteiger partial charge is 0.324 e. The highest BCUT2D eigenvalue weighted by Crippen LogP contribution is 2.43. The molecule has 1 unspecified atom stereocenters. The Morgan fingerprint density at radius 1 is 1.33 bits per heavy atom. The fourth-order valence-electron chi connectivity index (χ4n) is 2.19. The Bertz CT molecular complexity index is 553. The van der Waals surface area contributed by atoms with E-state index in [1.807, 2.05) is 17.8 Å². The molecule has 1 aliphatic carbocycles. The first-order valence-corrected chi connectivity index (χ1v) is 7.05. The van der Waals surface area contributed by atoms with Crippen LogP contribution in [0.3, 0.4) is 0 Å². The van der Waals surface area contributed by atoms with Crippen molar-refractivity contribution in [1.29, 1.82) is 0 Å². The molecule has 0 aliphatic heterocycles. The molecule has 1 fully saturated rings. The average molecular weight is 306 g/mol. The lowest BCUT2D eigenvalue weighted by Crippen LogP contribution is -2.06. The molecule has 1 saturated carbocycles. The minimum Gasteiger partial charge on any atom is -0.324 e. The van der Waals surface area contributed by atoms with Crippen LogP contribution in [0.5, 0.6) is 0 Å². The molecule has 0 spiro atoms. The highest BCUT2D eigenvalue weighted by Gasteiger charge is 2.30. The monoisotopic (exact) mass is 305 g/mol. The number of rotatable bonds is 3. The van der Waals surface area contributed by atoms with Gasteiger partial charge in [0.15, 0.2) is 0 Å². The molecular weight excluding hydrogens is 290 g/mol. The van der Waals surface area contributed by atoms with Crippen molar-refractivity contribution >= 4 is 15.9 Å². The average Bonchev–Trinajstić information content (AvgIpc) is 3.13. The van der Waals surface area contributed by atoms with E-state index in [1.165, 1.54) is 18.5 Å². The van der Waals surface area contributed by atoms with Crippen LogP contribution in [-0.4, -0.2) is 9.78 Å². The third-order valence-corrected chi connectivity index (χ3v) is 4.00. The van der Waals surface area contributed by atoms with Gasteiger partial charge in [0.1, 0.15) is 0 Å². The zero-order valence-electron chi connectivity index (χ0n) is 10.3. The van der Waals surface area contributed by atoms with E-state index in [0.29, 0.717) is 5.92 Å². The van der Waals surface area contributed by atoms with Crippen LogP contribution >= 0.6 is 15.9 Å². The van der Waals surface area contributed by atoms with Crippen molar-refractivity contribution in [2.45, 2.75) is 31.7 Å². The standard InChI is InChI=1S/C14H16BrN3/c1-9(16)10-4-6-12(7-5-10)18-14(11-2-3-11)13(15)8-17-18/h4-9,11H,2-3,16H2,1H3. The van der Waals surface area contributed by atoms with E-state index >= 15 is 0 Å². The molecular formula is C14H16BrN3. The molecule has 0 bridgehead atoms. The van der Waals surface area contributed by atoms with Gasteiger partial charge in [-0.3, -0.25) is 0 Å². The first-order valence-electron chi connectivity index (χ1n) is 6.26. The second-order valence-electron chi connectivity index (χ2n) is 4.94. The zero-order chi connectivity index (χ0) is 12.7. The topological polar surface area (TPSA) is 43.8 Å². The van der Waals surface area contributed by atoms with E-state index in [1.54, 1.807) is 0 Å². The Morgan fingerprint density at radius 2 is 2.00 bits per heavy atom. The van der Waals surface area contributed by atoms with Crippen LogP contribution in [0.15, 0.2) is 34.9 Å². The van der Waals surface area contributed by atoms with Gasteiger partial charge in [-0.05, 0) is 53.4 Å². The van der Waals surface area contributed by atoms with E-state index in [4.69, 9.17) is 5.73 Å². The van der Waals surface area contributed by atoms with Gasteiger partial charge in [0.2, 0.25) is 0 Å². The lowest BCUT2D eigenvalue weighted by molar-refractivity contribution is 0.796. The van der Waals surface area contributed by atoms with Gasteiger partial charge in [-0.15, -0.1) is 0 Å². The Hall–Kier alpha value is -1.13. The van der Waals surface area contributed by atoms with Gasteiger partial charge < -0.3 is 5.73 Å². The minimum absolute atomic E-state index is 0.0753. The van der Waals surface area contributed by atoms with Gasteiger partial charge in [0.25, 0.3) is 0 Å². The van der Waals surface area contributed by atoms with Gasteiger partial charge in [-0.2, -0.15) is 5.10 Å². The number of halogens is 1. The molecule has 0 radical (unpaired) electrons. The molecule has 2 aromatic rings. The van der Waals surface area contributed by atoms with Crippen LogP contribution in [0.4, 0.5) is 0 Å². The first-order chi connectivity index (χ1) is 8.66. The maximum absolute atomic E-state index is 5.86. The molecule has 3 rings (SSSR count). The van der Waals surface area contributed by atoms with Gasteiger partial charge in [0, 0.05) is 12.0 Å². The molecule has 1 heterocycles. The zero-order valence-corrected chi connectivity index (χ0v) is 11.9. The highest BCUT2D eigenvalue weighted by atomic mass is 79.9. The van der Waals surface area contributed by atoms with Crippen molar-refractivity contribution < 1.29 is 0 Å². The SMILES string of the molecule is CC(N)c1ccc(-n2ncc(Br)c2C2CC2)cc1. The number of aromatic nitrogens is 2. The molecule has 18 heavy (non-hydrogen) atoms. The van der Waals surface area contributed by atoms with Crippen LogP contribution < -0.4 is 5.73 Å². The summed E-state index contributed by atoms with van der Waals surface area (Å²) in [5.41, 5.74) is 9.41. The Labute approximate surface area is 115 Å². The van der Waals surface area contributed by atoms with Crippen molar-refractivity contribution in [3.63, 3.8) is 0 Å². The van der Waals surface area contributed by atoms with E-state index in [-0.39, 0.29) is 6.04 Å². The third kappa shape index (κ3) is 2.10. The first kappa shape index (κ1) is 11.9. The van der Waals surface area contributed by atoms with Crippen LogP contribution in [0.1, 0.15) is 43.0 Å². The van der Waals surface area contributed by atoms with Crippen LogP contribution in [0, 0.1) is 0 Å². The van der Waals surface area contributed by atoms with Crippen LogP contribution in [0.25, 0.3) is 5.69 Å². The molecule has 1 aromatic carbocycles. The number of nitrogens with two attached hydrogens (primary N) is 1. The number of hydrogen-bond donors (Lipinski definition) is 1. The number of nitrogens with zero attached hydrogens (tertiary/aromatic N) is 2. The lowest BCUT2D eigenvalue weighted by atomic mass is 10.1. The molecule has 1 atom stereocenters. The fourth-order valence-corrected chi connectivity index (χ4v) is 2.77. The lowest BCUT2D eigenvalue weighted by Gasteiger charge is -2.10. The summed E-state index contributed by atoms with van der Waals surface area (Å²) in [6, 6.07) is 8.40. The van der Waals surface area contributed by atoms with E-state index in [9.17, 15) is 0 Å². The predicted octanol–water partition coefficient (Wildman–Crippen LogP) is 3.53. The molecule has 94 valence electrons. The van der Waals surface area contributed by atoms with Gasteiger partial charge in [-0.25, -0.2) is 4.68 Å². The normalized spacial score (nSPS) is 16.8. The van der Waals surface area contributed by atoms with Gasteiger partial charge in [0.05, 0.1) is 22.1 Å². The van der Waals surface area contributed by atoms with Gasteiger partial charge >= 0.3 is 0 Å². The quantitative estimate of drug-likeness (QED) is 0.942. The summed E-state index contributed by atoms with van der Waals surface area (Å²) in [5, 5.41) is 4.46. The summed E-state index contributed by atoms with van der Waals surface area (Å²) in [6.07, 6.45) is 4.41. The molecule has 3 nitrogen and oxygen atoms in total. The third-order valence-electron chi connectivity index (χ3n) is 3.39. The Kier molecular flexibility index (Phi) is 2.99. The predicted molar refractivity (Wildman–Crippen MR) is 75.8 cm³/mol. The summed E-state index contributed by atoms with van der Waals surface area (Å²) in [7, 11) is 0. The van der Waals surface area contributed by atoms with Crippen molar-refractivity contribution in [3.05, 3.63) is 46.2 Å². The van der Waals surface area contributed by atoms with E-state index in [2.05, 4.69) is 45.3 Å². The molecule has 4 heteroatoms. The summed E-state index contributed by atoms with van der Waals surface area (Å²) in [6.45, 7) is 2.00. The van der Waals surface area contributed by atoms with Crippen molar-refractivity contribution in [1.82, 2.24) is 9.78 Å². The summed E-state index contributed by atoms with van der Waals surface area (Å²) in [5.74, 6) is 0.662. The summed E-state index contributed by atoms with van der Waals surface area (Å²) in [4.78, 5) is 0. The smallest absolute Gasteiger partial charge is 0.0649 e. The molecule has 0 saturated heterocycles. The van der Waals surface area contributed by atoms with Gasteiger partial charge in [-0.1, -0.05) is 12.1 Å². The second kappa shape index (κ2) is 4.52. The molecule has 1 aliphatic rings. The maximum atomic E-state index is 5.86. The summed E-state index contributed by atoms with van der Waals surface area (Å²) < 4.78 is 3.15. The van der Waals surface area contributed by atoms with Crippen molar-refractivity contribution in [2.75, 3.05) is 0 Å². The highest BCUT2D eigenvalue weighted by molar-refractivity contribution is 9.10. The van der Waals surface area contributed by atoms with Crippen molar-refractivity contribution in [2.24, 2.45) is 5.73 Å². The summed E-state index contributed by atoms with van der Waals surface area (Å²) >= 11 is 3.59. The molecule has 1 aromatic heterocycles. The Morgan fingerprint density at radius 3 is 2.56 bits per heavy atom. The molecule has 2 N–H and O–H groups in total. The molecule has 0 amide bonds. The number of hydrogen-bond acceptors (Lipinski definition) is 2. The number of benzene rings is 1. The van der Waals surface area contributed by atoms with Crippen LogP contribution in [-0.2, 0) is 0 Å². The van der Waals surface area contributed by atoms with E-state index < -0.39 is 0 Å².